The summed E-state index contributed by atoms with van der Waals surface area (Å²) in [5.74, 6) is -1.52. The molecule has 642 valence electrons. The van der Waals surface area contributed by atoms with Gasteiger partial charge >= 0.3 is 59.8 Å². The number of benzene rings is 7. The molecule has 4 saturated heterocycles. The van der Waals surface area contributed by atoms with E-state index in [2.05, 4.69) is 81.3 Å². The minimum Gasteiger partial charge on any atom is -0.870 e. The number of carboxylic acid groups (broad SMARTS) is 1. The number of ketones is 2. The Bertz CT molecular complexity index is 5490. The number of carboxylic acids is 1. The fourth-order valence-corrected chi connectivity index (χ4v) is 13.8. The monoisotopic (exact) mass is 1680 g/mol. The van der Waals surface area contributed by atoms with Crippen molar-refractivity contribution in [3.63, 3.8) is 0 Å². The first kappa shape index (κ1) is 94.4. The molecule has 4 aliphatic rings. The summed E-state index contributed by atoms with van der Waals surface area (Å²) in [4.78, 5) is 116. The van der Waals surface area contributed by atoms with Crippen molar-refractivity contribution in [2.75, 3.05) is 154 Å². The molecule has 4 aliphatic heterocycles. The average molecular weight is 1680 g/mol. The van der Waals surface area contributed by atoms with Gasteiger partial charge in [-0.25, -0.2) is 33.9 Å². The maximum absolute atomic E-state index is 12.7. The standard InChI is InChI=1S/C26H30N4O3.C21H22N4O.C21H27N3O4.C19H23N3O4.C6H8N2.Na.H2O/c1-26(2,3)33-25(32)30-12-10-29(11-13-30)21-9-8-18-15-23(28-17-20(18)14-21)24(31)16-19-6-4-5-7-22(19)27;22-19-4-2-1-3-16(19)13-21(26)20-12-15-5-6-18(11-17(15)14-24-20)25-9-7-23-8-10-25;1-5-27-19(25)18-13-15-6-7-17(12-16(15)14-22-18)23-8-10-24(11-9-23)20(26)28-21(2,3)4;1-19(2,3)26-18(25)22-8-6-21(7-9-22)15-5-4-13-11-16(17(23)24)20-12-14(13)10-15;7-5-3-1-2-4-6(5)8;;/h4-9,14-15,17H,10-13,16,27H2,1-3H3;1-6,11-12,14,23H,7-10,13,22H2;6-7,12-14H,5,8-11H2,1-4H3;4-5,10-12H,6-9H2,1-3H3,(H,23,24);1-4H,7-8H2;;1H2/q;;;;;+1;/p-1. The molecule has 4 aromatic heterocycles. The molecule has 0 aliphatic carbocycles. The number of hydrogen-bond donors (Lipinski definition) is 6. The number of carbonyl (C=O) groups is 7. The third kappa shape index (κ3) is 27.0. The number of piperazine rings is 4. The molecule has 11 aromatic rings. The number of fused-ring (bicyclic) bond motifs is 4. The third-order valence-corrected chi connectivity index (χ3v) is 20.3. The molecule has 30 heteroatoms. The topological polar surface area (TPSA) is 397 Å². The first-order chi connectivity index (χ1) is 57.7. The smallest absolute Gasteiger partial charge is 0.870 e. The summed E-state index contributed by atoms with van der Waals surface area (Å²) in [5.41, 5.74) is 31.1. The van der Waals surface area contributed by atoms with Gasteiger partial charge in [0.1, 0.15) is 39.6 Å². The van der Waals surface area contributed by atoms with Crippen LogP contribution in [-0.2, 0) is 31.8 Å². The largest absolute Gasteiger partial charge is 1.00 e. The van der Waals surface area contributed by atoms with Crippen LogP contribution in [0.25, 0.3) is 43.1 Å². The number of para-hydroxylation sites is 4. The van der Waals surface area contributed by atoms with Gasteiger partial charge in [0.25, 0.3) is 0 Å². The number of amides is 3. The number of nitrogen functional groups attached to an aromatic ring is 4. The van der Waals surface area contributed by atoms with E-state index in [1.807, 2.05) is 165 Å². The number of rotatable bonds is 13. The zero-order valence-electron chi connectivity index (χ0n) is 72.0. The van der Waals surface area contributed by atoms with E-state index >= 15 is 0 Å². The molecule has 29 nitrogen and oxygen atoms in total. The molecule has 123 heavy (non-hydrogen) atoms. The van der Waals surface area contributed by atoms with Gasteiger partial charge in [0.2, 0.25) is 0 Å². The molecule has 15 rings (SSSR count). The molecule has 7 aromatic carbocycles. The van der Waals surface area contributed by atoms with Crippen molar-refractivity contribution in [2.24, 2.45) is 0 Å². The first-order valence-electron chi connectivity index (χ1n) is 40.7. The van der Waals surface area contributed by atoms with Crippen molar-refractivity contribution < 1.29 is 92.6 Å². The van der Waals surface area contributed by atoms with E-state index in [0.29, 0.717) is 98.8 Å². The number of esters is 1. The maximum atomic E-state index is 12.7. The molecule has 0 unspecified atom stereocenters. The maximum Gasteiger partial charge on any atom is 1.00 e. The predicted molar refractivity (Wildman–Crippen MR) is 480 cm³/mol. The molecule has 0 bridgehead atoms. The summed E-state index contributed by atoms with van der Waals surface area (Å²) in [5, 5.41) is 20.0. The fraction of sp³-hybridized carbons (Fsp3) is 0.344. The Balaban J connectivity index is 0.000000180. The summed E-state index contributed by atoms with van der Waals surface area (Å²) in [7, 11) is 0. The van der Waals surface area contributed by atoms with Crippen LogP contribution < -0.4 is 77.4 Å². The van der Waals surface area contributed by atoms with E-state index in [4.69, 9.17) is 47.0 Å². The zero-order valence-corrected chi connectivity index (χ0v) is 74.0. The number of nitrogens with two attached hydrogens (primary N) is 4. The number of ether oxygens (including phenoxy) is 4. The Morgan fingerprint density at radius 2 is 0.642 bits per heavy atom. The van der Waals surface area contributed by atoms with Crippen LogP contribution in [0.1, 0.15) is 122 Å². The average Bonchev–Trinajstić information content (AvgIpc) is 0.812. The predicted octanol–water partition coefficient (Wildman–Crippen LogP) is 11.1. The molecule has 0 atom stereocenters. The van der Waals surface area contributed by atoms with Crippen LogP contribution in [0.3, 0.4) is 0 Å². The quantitative estimate of drug-likeness (QED) is 0.0205. The fourth-order valence-electron chi connectivity index (χ4n) is 13.8. The van der Waals surface area contributed by atoms with Gasteiger partial charge in [-0.05, 0) is 199 Å². The molecule has 0 saturated carbocycles. The Morgan fingerprint density at radius 1 is 0.366 bits per heavy atom. The molecular weight excluding hydrogens is 1570 g/mol. The van der Waals surface area contributed by atoms with Gasteiger partial charge in [0.15, 0.2) is 11.6 Å². The van der Waals surface area contributed by atoms with Crippen LogP contribution in [0, 0.1) is 0 Å². The van der Waals surface area contributed by atoms with Crippen LogP contribution in [0.5, 0.6) is 0 Å². The third-order valence-electron chi connectivity index (χ3n) is 20.3. The number of carbonyl (C=O) groups excluding carboxylic acids is 6. The zero-order chi connectivity index (χ0) is 86.7. The summed E-state index contributed by atoms with van der Waals surface area (Å²) < 4.78 is 21.3. The number of hydrogen-bond acceptors (Lipinski definition) is 25. The van der Waals surface area contributed by atoms with Crippen molar-refractivity contribution in [3.8, 4) is 0 Å². The van der Waals surface area contributed by atoms with E-state index in [9.17, 15) is 33.6 Å². The number of pyridine rings is 4. The van der Waals surface area contributed by atoms with Crippen LogP contribution in [0.15, 0.2) is 195 Å². The second-order valence-corrected chi connectivity index (χ2v) is 32.8. The van der Waals surface area contributed by atoms with Gasteiger partial charge in [-0.1, -0.05) is 72.8 Å². The SMILES string of the molecule is CC(C)(C)OC(=O)N1CCN(c2ccc3cc(C(=O)Cc4ccccc4N)ncc3c2)CC1.CC(C)(C)OC(=O)N1CCN(c2ccc3cc(C(=O)O)ncc3c2)CC1.CCOC(=O)c1cc2ccc(N3CCN(C(=O)OC(C)(C)C)CC3)cc2cn1.Nc1ccccc1CC(=O)c1cc2ccc(N3CCNCC3)cc2cn1.Nc1ccccc1N.[Na+].[OH-]. The first-order valence-corrected chi connectivity index (χ1v) is 40.7. The molecule has 0 radical (unpaired) electrons. The van der Waals surface area contributed by atoms with E-state index < -0.39 is 28.7 Å². The molecule has 8 heterocycles. The minimum atomic E-state index is -1.03. The molecule has 3 amide bonds. The molecule has 0 spiro atoms. The number of nitrogens with zero attached hydrogens (tertiary/aromatic N) is 11. The molecule has 11 N–H and O–H groups in total. The van der Waals surface area contributed by atoms with Crippen molar-refractivity contribution in [1.82, 2.24) is 40.0 Å². The van der Waals surface area contributed by atoms with Crippen LogP contribution in [0.4, 0.5) is 59.9 Å². The van der Waals surface area contributed by atoms with Crippen LogP contribution in [0.2, 0.25) is 0 Å². The summed E-state index contributed by atoms with van der Waals surface area (Å²) >= 11 is 0. The number of aromatic carboxylic acids is 1. The number of nitrogens with one attached hydrogen (secondary N) is 1. The van der Waals surface area contributed by atoms with Gasteiger partial charge in [0.05, 0.1) is 18.0 Å². The Kier molecular flexibility index (Phi) is 32.9. The minimum absolute atomic E-state index is 0. The number of anilines is 8. The van der Waals surface area contributed by atoms with Gasteiger partial charge < -0.3 is 92.1 Å². The van der Waals surface area contributed by atoms with Gasteiger partial charge in [-0.3, -0.25) is 19.6 Å². The van der Waals surface area contributed by atoms with Crippen LogP contribution >= 0.6 is 0 Å². The Morgan fingerprint density at radius 3 is 0.935 bits per heavy atom. The van der Waals surface area contributed by atoms with Crippen molar-refractivity contribution >= 4 is 130 Å². The van der Waals surface area contributed by atoms with Crippen molar-refractivity contribution in [3.05, 3.63) is 229 Å². The van der Waals surface area contributed by atoms with Gasteiger partial charge in [-0.15, -0.1) is 0 Å². The summed E-state index contributed by atoms with van der Waals surface area (Å²) in [6.07, 6.45) is 6.51. The normalized spacial score (nSPS) is 14.1. The van der Waals surface area contributed by atoms with E-state index in [0.717, 1.165) is 124 Å². The van der Waals surface area contributed by atoms with Crippen molar-refractivity contribution in [1.29, 1.82) is 0 Å². The second-order valence-electron chi connectivity index (χ2n) is 32.8. The second kappa shape index (κ2) is 42.9. The van der Waals surface area contributed by atoms with E-state index in [1.165, 1.54) is 5.69 Å². The van der Waals surface area contributed by atoms with E-state index in [1.54, 1.807) is 76.7 Å². The Labute approximate surface area is 739 Å². The van der Waals surface area contributed by atoms with E-state index in [-0.39, 0.29) is 83.4 Å². The number of aromatic nitrogens is 4. The molecular formula is C93H111N16NaO13. The van der Waals surface area contributed by atoms with Gasteiger partial charge in [0, 0.05) is 198 Å². The summed E-state index contributed by atoms with van der Waals surface area (Å²) in [6.45, 7) is 31.0. The van der Waals surface area contributed by atoms with Crippen molar-refractivity contribution in [2.45, 2.75) is 98.9 Å². The number of Topliss-reactive ketones (excluding diaryl/α,β-unsaturated/α-hetero) is 2. The molecule has 4 fully saturated rings. The summed E-state index contributed by atoms with van der Waals surface area (Å²) in [6, 6.07) is 53.5. The van der Waals surface area contributed by atoms with Crippen LogP contribution in [-0.4, -0.2) is 215 Å². The Hall–Kier alpha value is -12.4. The van der Waals surface area contributed by atoms with Gasteiger partial charge in [-0.2, -0.15) is 0 Å².